The molecule has 7 nitrogen and oxygen atoms in total. The molecule has 1 amide bonds. The van der Waals surface area contributed by atoms with Crippen molar-refractivity contribution in [3.63, 3.8) is 0 Å². The van der Waals surface area contributed by atoms with Crippen molar-refractivity contribution in [1.82, 2.24) is 15.3 Å². The lowest BCUT2D eigenvalue weighted by Crippen LogP contribution is -2.47. The van der Waals surface area contributed by atoms with Crippen molar-refractivity contribution in [3.8, 4) is 16.9 Å². The summed E-state index contributed by atoms with van der Waals surface area (Å²) in [5, 5.41) is 5.27. The third-order valence-corrected chi connectivity index (χ3v) is 8.22. The van der Waals surface area contributed by atoms with E-state index in [9.17, 15) is 9.59 Å². The van der Waals surface area contributed by atoms with E-state index in [1.165, 1.54) is 24.2 Å². The number of H-pyrrole nitrogens is 1. The summed E-state index contributed by atoms with van der Waals surface area (Å²) in [5.74, 6) is 2.12. The van der Waals surface area contributed by atoms with Crippen molar-refractivity contribution in [2.24, 2.45) is 11.8 Å². The summed E-state index contributed by atoms with van der Waals surface area (Å²) in [6, 6.07) is 8.09. The minimum atomic E-state index is -0.137. The molecule has 3 heterocycles. The number of ether oxygens (including phenoxy) is 1. The van der Waals surface area contributed by atoms with Crippen LogP contribution >= 0.6 is 11.3 Å². The molecule has 3 aromatic rings. The van der Waals surface area contributed by atoms with Crippen molar-refractivity contribution in [2.75, 3.05) is 25.1 Å². The van der Waals surface area contributed by atoms with E-state index >= 15 is 0 Å². The molecule has 8 heteroatoms. The van der Waals surface area contributed by atoms with Gasteiger partial charge in [-0.05, 0) is 62.1 Å². The smallest absolute Gasteiger partial charge is 0.270 e. The van der Waals surface area contributed by atoms with Crippen molar-refractivity contribution in [3.05, 3.63) is 40.0 Å². The van der Waals surface area contributed by atoms with Crippen molar-refractivity contribution >= 4 is 33.4 Å². The third-order valence-electron chi connectivity index (χ3n) is 7.25. The number of aromatic nitrogens is 2. The summed E-state index contributed by atoms with van der Waals surface area (Å²) >= 11 is 1.40. The molecule has 34 heavy (non-hydrogen) atoms. The highest BCUT2D eigenvalue weighted by molar-refractivity contribution is 7.17. The second-order valence-electron chi connectivity index (χ2n) is 9.70. The van der Waals surface area contributed by atoms with Crippen molar-refractivity contribution in [2.45, 2.75) is 51.5 Å². The average Bonchev–Trinajstić information content (AvgIpc) is 3.30. The number of nitrogens with zero attached hydrogens (tertiary/aromatic N) is 2. The quantitative estimate of drug-likeness (QED) is 0.559. The molecule has 0 bridgehead atoms. The maximum Gasteiger partial charge on any atom is 0.270 e. The molecule has 180 valence electrons. The second-order valence-corrected chi connectivity index (χ2v) is 10.6. The zero-order valence-corrected chi connectivity index (χ0v) is 20.6. The van der Waals surface area contributed by atoms with Crippen LogP contribution < -0.4 is 20.5 Å². The standard InChI is InChI=1S/C26H32N4O3S/c1-16-8-10-19(11-9-16)27-24(31)18-6-4-12-30(14-18)26-28-22-21(15-34-23(22)25(32)29-26)17-5-3-7-20(13-17)33-2/h3,5,7,13,15-16,18-19H,4,6,8-12,14H2,1-2H3,(H,27,31)(H,28,29,32)/t16?,18-,19?/m0/s1. The highest BCUT2D eigenvalue weighted by Gasteiger charge is 2.30. The van der Waals surface area contributed by atoms with Crippen LogP contribution in [0.2, 0.25) is 0 Å². The van der Waals surface area contributed by atoms with E-state index in [0.29, 0.717) is 28.8 Å². The first-order valence-corrected chi connectivity index (χ1v) is 13.1. The van der Waals surface area contributed by atoms with E-state index < -0.39 is 0 Å². The van der Waals surface area contributed by atoms with Gasteiger partial charge >= 0.3 is 0 Å². The molecule has 2 aromatic heterocycles. The first-order chi connectivity index (χ1) is 16.5. The Morgan fingerprint density at radius 1 is 1.24 bits per heavy atom. The van der Waals surface area contributed by atoms with Crippen molar-refractivity contribution < 1.29 is 9.53 Å². The van der Waals surface area contributed by atoms with E-state index in [2.05, 4.69) is 22.1 Å². The first-order valence-electron chi connectivity index (χ1n) is 12.2. The van der Waals surface area contributed by atoms with Crippen LogP contribution in [0.1, 0.15) is 45.4 Å². The third kappa shape index (κ3) is 4.69. The number of carbonyl (C=O) groups excluding carboxylic acids is 1. The van der Waals surface area contributed by atoms with Gasteiger partial charge in [0.2, 0.25) is 11.9 Å². The van der Waals surface area contributed by atoms with Gasteiger partial charge in [0.1, 0.15) is 10.4 Å². The van der Waals surface area contributed by atoms with Crippen molar-refractivity contribution in [1.29, 1.82) is 0 Å². The van der Waals surface area contributed by atoms with Gasteiger partial charge in [-0.1, -0.05) is 19.1 Å². The number of nitrogens with one attached hydrogen (secondary N) is 2. The SMILES string of the molecule is COc1cccc(-c2csc3c(=O)[nH]c(N4CCC[C@H](C(=O)NC5CCC(C)CC5)C4)nc23)c1. The van der Waals surface area contributed by atoms with Gasteiger partial charge in [-0.2, -0.15) is 0 Å². The zero-order chi connectivity index (χ0) is 23.7. The van der Waals surface area contributed by atoms with Gasteiger partial charge < -0.3 is 15.0 Å². The number of methoxy groups -OCH3 is 1. The van der Waals surface area contributed by atoms with E-state index in [-0.39, 0.29) is 17.4 Å². The summed E-state index contributed by atoms with van der Waals surface area (Å²) in [4.78, 5) is 35.8. The molecule has 1 saturated heterocycles. The number of benzene rings is 1. The molecular weight excluding hydrogens is 448 g/mol. The number of amides is 1. The molecular formula is C26H32N4O3S. The molecule has 0 unspecified atom stereocenters. The molecule has 1 aliphatic carbocycles. The van der Waals surface area contributed by atoms with Gasteiger partial charge in [0.15, 0.2) is 0 Å². The zero-order valence-electron chi connectivity index (χ0n) is 19.8. The second kappa shape index (κ2) is 9.78. The van der Waals surface area contributed by atoms with E-state index in [1.54, 1.807) is 7.11 Å². The number of rotatable bonds is 5. The number of hydrogen-bond acceptors (Lipinski definition) is 6. The fraction of sp³-hybridized carbons (Fsp3) is 0.500. The van der Waals surface area contributed by atoms with Gasteiger partial charge in [-0.3, -0.25) is 14.6 Å². The Bertz CT molecular complexity index is 1230. The summed E-state index contributed by atoms with van der Waals surface area (Å²) in [6.45, 7) is 3.63. The first kappa shape index (κ1) is 22.9. The molecule has 2 fully saturated rings. The van der Waals surface area contributed by atoms with Crippen LogP contribution in [0.25, 0.3) is 21.3 Å². The number of anilines is 1. The Morgan fingerprint density at radius 2 is 2.06 bits per heavy atom. The number of hydrogen-bond donors (Lipinski definition) is 2. The minimum absolute atomic E-state index is 0.0885. The highest BCUT2D eigenvalue weighted by atomic mass is 32.1. The number of carbonyl (C=O) groups is 1. The topological polar surface area (TPSA) is 87.3 Å². The Labute approximate surface area is 203 Å². The number of thiophene rings is 1. The van der Waals surface area contributed by atoms with Gasteiger partial charge in [0, 0.05) is 30.1 Å². The van der Waals surface area contributed by atoms with Gasteiger partial charge in [-0.15, -0.1) is 11.3 Å². The maximum absolute atomic E-state index is 13.0. The summed E-state index contributed by atoms with van der Waals surface area (Å²) in [7, 11) is 1.64. The number of piperidine rings is 1. The van der Waals surface area contributed by atoms with E-state index in [0.717, 1.165) is 55.0 Å². The molecule has 5 rings (SSSR count). The lowest BCUT2D eigenvalue weighted by atomic mass is 9.87. The molecule has 0 spiro atoms. The Hall–Kier alpha value is -2.87. The Balaban J connectivity index is 1.37. The molecule has 2 N–H and O–H groups in total. The van der Waals surface area contributed by atoms with Crippen LogP contribution in [0.15, 0.2) is 34.4 Å². The van der Waals surface area contributed by atoms with E-state index in [4.69, 9.17) is 9.72 Å². The molecule has 1 atom stereocenters. The van der Waals surface area contributed by atoms with Crippen LogP contribution in [-0.2, 0) is 4.79 Å². The van der Waals surface area contributed by atoms with Gasteiger partial charge in [0.05, 0.1) is 18.5 Å². The Morgan fingerprint density at radius 3 is 2.85 bits per heavy atom. The molecule has 1 saturated carbocycles. The minimum Gasteiger partial charge on any atom is -0.497 e. The average molecular weight is 481 g/mol. The monoisotopic (exact) mass is 480 g/mol. The highest BCUT2D eigenvalue weighted by Crippen LogP contribution is 2.34. The van der Waals surface area contributed by atoms with Crippen LogP contribution in [0.4, 0.5) is 5.95 Å². The van der Waals surface area contributed by atoms with Crippen LogP contribution in [0.3, 0.4) is 0 Å². The lowest BCUT2D eigenvalue weighted by molar-refractivity contribution is -0.126. The van der Waals surface area contributed by atoms with Gasteiger partial charge in [-0.25, -0.2) is 4.98 Å². The predicted molar refractivity (Wildman–Crippen MR) is 137 cm³/mol. The Kier molecular flexibility index (Phi) is 6.59. The molecule has 1 aliphatic heterocycles. The maximum atomic E-state index is 13.0. The molecule has 2 aliphatic rings. The van der Waals surface area contributed by atoms with Crippen LogP contribution in [0.5, 0.6) is 5.75 Å². The fourth-order valence-electron chi connectivity index (χ4n) is 5.17. The number of fused-ring (bicyclic) bond motifs is 1. The fourth-order valence-corrected chi connectivity index (χ4v) is 6.08. The predicted octanol–water partition coefficient (Wildman–Crippen LogP) is 4.57. The molecule has 1 aromatic carbocycles. The number of aromatic amines is 1. The van der Waals surface area contributed by atoms with E-state index in [1.807, 2.05) is 29.6 Å². The summed E-state index contributed by atoms with van der Waals surface area (Å²) in [5.41, 5.74) is 2.44. The van der Waals surface area contributed by atoms with Gasteiger partial charge in [0.25, 0.3) is 5.56 Å². The largest absolute Gasteiger partial charge is 0.497 e. The molecule has 0 radical (unpaired) electrons. The van der Waals surface area contributed by atoms with Crippen LogP contribution in [0, 0.1) is 11.8 Å². The lowest BCUT2D eigenvalue weighted by Gasteiger charge is -2.34. The van der Waals surface area contributed by atoms with Crippen LogP contribution in [-0.4, -0.2) is 42.1 Å². The normalized spacial score (nSPS) is 23.1. The summed E-state index contributed by atoms with van der Waals surface area (Å²) < 4.78 is 5.98. The summed E-state index contributed by atoms with van der Waals surface area (Å²) in [6.07, 6.45) is 6.27.